The Morgan fingerprint density at radius 1 is 1.04 bits per heavy atom. The molecule has 6 rings (SSSR count). The molecule has 46 heavy (non-hydrogen) atoms. The Morgan fingerprint density at radius 2 is 1.89 bits per heavy atom. The zero-order valence-electron chi connectivity index (χ0n) is 27.1. The van der Waals surface area contributed by atoms with E-state index in [0.717, 1.165) is 65.7 Å². The highest BCUT2D eigenvalue weighted by Gasteiger charge is 2.30. The molecule has 0 spiro atoms. The summed E-state index contributed by atoms with van der Waals surface area (Å²) in [5.41, 5.74) is 3.21. The first-order valence-electron chi connectivity index (χ1n) is 17.1. The summed E-state index contributed by atoms with van der Waals surface area (Å²) in [4.78, 5) is 37.7. The Hall–Kier alpha value is -2.89. The lowest BCUT2D eigenvalue weighted by atomic mass is 9.84. The van der Waals surface area contributed by atoms with Crippen molar-refractivity contribution in [2.45, 2.75) is 77.2 Å². The normalized spacial score (nSPS) is 20.7. The van der Waals surface area contributed by atoms with Gasteiger partial charge in [0.25, 0.3) is 5.91 Å². The van der Waals surface area contributed by atoms with Crippen molar-refractivity contribution in [2.75, 3.05) is 52.6 Å². The Morgan fingerprint density at radius 3 is 2.67 bits per heavy atom. The number of carbonyl (C=O) groups excluding carboxylic acids is 2. The molecule has 2 atom stereocenters. The third kappa shape index (κ3) is 8.33. The number of aromatic nitrogens is 1. The van der Waals surface area contributed by atoms with Crippen molar-refractivity contribution in [1.29, 1.82) is 0 Å². The molecule has 2 aromatic heterocycles. The van der Waals surface area contributed by atoms with Crippen LogP contribution in [0.15, 0.2) is 41.8 Å². The van der Waals surface area contributed by atoms with Crippen molar-refractivity contribution in [3.63, 3.8) is 0 Å². The Balaban J connectivity index is 1.13. The van der Waals surface area contributed by atoms with Gasteiger partial charge < -0.3 is 24.4 Å². The molecule has 1 aromatic carbocycles. The number of nitrogens with one attached hydrogen (secondary N) is 1. The number of fused-ring (bicyclic) bond motifs is 1. The second-order valence-corrected chi connectivity index (χ2v) is 13.8. The van der Waals surface area contributed by atoms with Gasteiger partial charge in [0.1, 0.15) is 0 Å². The number of piperazine rings is 1. The van der Waals surface area contributed by atoms with Crippen molar-refractivity contribution in [2.24, 2.45) is 5.92 Å². The maximum absolute atomic E-state index is 14.2. The van der Waals surface area contributed by atoms with Crippen molar-refractivity contribution in [3.05, 3.63) is 52.9 Å². The Bertz CT molecular complexity index is 1440. The molecule has 1 saturated carbocycles. The topological polar surface area (TPSA) is 93.2 Å². The van der Waals surface area contributed by atoms with Gasteiger partial charge in [0.15, 0.2) is 6.29 Å². The van der Waals surface area contributed by atoms with E-state index >= 15 is 0 Å². The van der Waals surface area contributed by atoms with Gasteiger partial charge in [-0.05, 0) is 62.5 Å². The summed E-state index contributed by atoms with van der Waals surface area (Å²) in [5.74, 6) is 0.523. The van der Waals surface area contributed by atoms with Crippen molar-refractivity contribution < 1.29 is 23.8 Å². The summed E-state index contributed by atoms with van der Waals surface area (Å²) < 4.78 is 17.1. The molecule has 2 saturated heterocycles. The first-order chi connectivity index (χ1) is 22.6. The van der Waals surface area contributed by atoms with Crippen LogP contribution in [0.1, 0.15) is 74.2 Å². The molecular formula is C36H48N4O5S. The number of ether oxygens (including phenoxy) is 3. The number of para-hydroxylation sites is 1. The number of thiophene rings is 1. The molecule has 3 aliphatic rings. The van der Waals surface area contributed by atoms with E-state index in [9.17, 15) is 9.59 Å². The lowest BCUT2D eigenvalue weighted by Crippen LogP contribution is -2.51. The quantitative estimate of drug-likeness (QED) is 0.232. The second-order valence-electron chi connectivity index (χ2n) is 12.8. The summed E-state index contributed by atoms with van der Waals surface area (Å²) in [6, 6.07) is 12.1. The monoisotopic (exact) mass is 648 g/mol. The first-order valence-corrected chi connectivity index (χ1v) is 18.0. The Labute approximate surface area is 276 Å². The highest BCUT2D eigenvalue weighted by Crippen LogP contribution is 2.34. The van der Waals surface area contributed by atoms with Crippen molar-refractivity contribution in [1.82, 2.24) is 20.1 Å². The lowest BCUT2D eigenvalue weighted by molar-refractivity contribution is -0.169. The number of nitrogens with zero attached hydrogens (tertiary/aromatic N) is 3. The van der Waals surface area contributed by atoms with Crippen LogP contribution in [-0.4, -0.2) is 91.5 Å². The van der Waals surface area contributed by atoms with Crippen molar-refractivity contribution in [3.8, 4) is 10.6 Å². The van der Waals surface area contributed by atoms with Crippen LogP contribution in [0.25, 0.3) is 21.5 Å². The van der Waals surface area contributed by atoms with Crippen LogP contribution in [-0.2, 0) is 25.5 Å². The third-order valence-corrected chi connectivity index (χ3v) is 10.5. The maximum Gasteiger partial charge on any atom is 0.252 e. The van der Waals surface area contributed by atoms with Crippen LogP contribution >= 0.6 is 11.3 Å². The molecule has 2 amide bonds. The second kappa shape index (κ2) is 16.3. The van der Waals surface area contributed by atoms with Crippen LogP contribution in [0.3, 0.4) is 0 Å². The van der Waals surface area contributed by atoms with Crippen LogP contribution in [0.5, 0.6) is 0 Å². The average molecular weight is 649 g/mol. The predicted octanol–water partition coefficient (Wildman–Crippen LogP) is 5.87. The minimum atomic E-state index is -0.114. The number of amides is 2. The van der Waals surface area contributed by atoms with E-state index in [1.165, 1.54) is 19.3 Å². The van der Waals surface area contributed by atoms with Gasteiger partial charge in [-0.15, -0.1) is 11.3 Å². The average Bonchev–Trinajstić information content (AvgIpc) is 3.63. The molecule has 3 fully saturated rings. The van der Waals surface area contributed by atoms with Gasteiger partial charge in [0.2, 0.25) is 5.91 Å². The highest BCUT2D eigenvalue weighted by molar-refractivity contribution is 7.13. The van der Waals surface area contributed by atoms with Crippen LogP contribution in [0, 0.1) is 5.92 Å². The zero-order chi connectivity index (χ0) is 31.7. The van der Waals surface area contributed by atoms with Crippen LogP contribution in [0.2, 0.25) is 0 Å². The molecule has 248 valence electrons. The highest BCUT2D eigenvalue weighted by atomic mass is 32.1. The molecule has 10 heteroatoms. The van der Waals surface area contributed by atoms with E-state index in [2.05, 4.69) is 23.2 Å². The van der Waals surface area contributed by atoms with Gasteiger partial charge in [-0.1, -0.05) is 43.5 Å². The summed E-state index contributed by atoms with van der Waals surface area (Å²) in [5, 5.41) is 6.29. The predicted molar refractivity (Wildman–Crippen MR) is 181 cm³/mol. The van der Waals surface area contributed by atoms with E-state index in [0.29, 0.717) is 64.0 Å². The number of rotatable bonds is 13. The molecule has 1 N–H and O–H groups in total. The molecule has 1 unspecified atom stereocenters. The van der Waals surface area contributed by atoms with E-state index in [1.807, 2.05) is 40.6 Å². The molecular weight excluding hydrogens is 600 g/mol. The van der Waals surface area contributed by atoms with Crippen molar-refractivity contribution >= 4 is 34.1 Å². The number of pyridine rings is 1. The van der Waals surface area contributed by atoms with Crippen LogP contribution < -0.4 is 5.32 Å². The van der Waals surface area contributed by atoms with Gasteiger partial charge >= 0.3 is 0 Å². The number of hydrogen-bond acceptors (Lipinski definition) is 8. The van der Waals surface area contributed by atoms with Gasteiger partial charge in [-0.3, -0.25) is 14.5 Å². The SMILES string of the molecule is C[C@H](NC(=O)c1c(CN2CCN(CCOCCOC3CCCCO3)C(=O)C2)c(-c2cccs2)nc2ccccc12)C1CCCCC1. The molecule has 3 aromatic rings. The third-order valence-electron chi connectivity index (χ3n) is 9.64. The van der Waals surface area contributed by atoms with Gasteiger partial charge in [-0.25, -0.2) is 4.98 Å². The fraction of sp³-hybridized carbons (Fsp3) is 0.583. The minimum absolute atomic E-state index is 0.0504. The molecule has 4 heterocycles. The summed E-state index contributed by atoms with van der Waals surface area (Å²) in [7, 11) is 0. The Kier molecular flexibility index (Phi) is 11.7. The van der Waals surface area contributed by atoms with Crippen LogP contribution in [0.4, 0.5) is 0 Å². The molecule has 2 aliphatic heterocycles. The molecule has 9 nitrogen and oxygen atoms in total. The van der Waals surface area contributed by atoms with E-state index in [4.69, 9.17) is 19.2 Å². The largest absolute Gasteiger partial charge is 0.377 e. The fourth-order valence-electron chi connectivity index (χ4n) is 7.02. The summed E-state index contributed by atoms with van der Waals surface area (Å²) >= 11 is 1.62. The zero-order valence-corrected chi connectivity index (χ0v) is 27.9. The van der Waals surface area contributed by atoms with E-state index in [-0.39, 0.29) is 24.1 Å². The number of benzene rings is 1. The van der Waals surface area contributed by atoms with E-state index < -0.39 is 0 Å². The molecule has 0 bridgehead atoms. The maximum atomic E-state index is 14.2. The fourth-order valence-corrected chi connectivity index (χ4v) is 7.76. The lowest BCUT2D eigenvalue weighted by Gasteiger charge is -2.35. The van der Waals surface area contributed by atoms with Gasteiger partial charge in [0.05, 0.1) is 48.0 Å². The molecule has 1 aliphatic carbocycles. The molecule has 0 radical (unpaired) electrons. The minimum Gasteiger partial charge on any atom is -0.377 e. The summed E-state index contributed by atoms with van der Waals surface area (Å²) in [6.45, 7) is 7.01. The summed E-state index contributed by atoms with van der Waals surface area (Å²) in [6.07, 6.45) is 9.12. The van der Waals surface area contributed by atoms with E-state index in [1.54, 1.807) is 11.3 Å². The number of hydrogen-bond donors (Lipinski definition) is 1. The number of carbonyl (C=O) groups is 2. The smallest absolute Gasteiger partial charge is 0.252 e. The van der Waals surface area contributed by atoms with Gasteiger partial charge in [-0.2, -0.15) is 0 Å². The van der Waals surface area contributed by atoms with Gasteiger partial charge in [0, 0.05) is 49.8 Å². The standard InChI is InChI=1S/C36H48N4O5S/c1-26(27-10-3-2-4-11-27)37-36(42)34-28-12-5-6-13-30(28)38-35(31-14-9-23-46-31)29(34)24-39-16-17-40(32(41)25-39)18-20-43-21-22-45-33-15-7-8-19-44-33/h5-6,9,12-14,23,26-27,33H,2-4,7-8,10-11,15-22,24-25H2,1H3,(H,37,42)/t26-,33?/m0/s1. The first kappa shape index (κ1) is 33.0.